The summed E-state index contributed by atoms with van der Waals surface area (Å²) in [5, 5.41) is 4.32. The van der Waals surface area contributed by atoms with Crippen LogP contribution in [0.4, 0.5) is 0 Å². The van der Waals surface area contributed by atoms with Gasteiger partial charge >= 0.3 is 0 Å². The molecule has 0 amide bonds. The van der Waals surface area contributed by atoms with Crippen molar-refractivity contribution >= 4 is 15.9 Å². The summed E-state index contributed by atoms with van der Waals surface area (Å²) < 4.78 is 8.37. The van der Waals surface area contributed by atoms with E-state index in [1.807, 2.05) is 42.8 Å². The first-order valence-electron chi connectivity index (χ1n) is 6.20. The van der Waals surface area contributed by atoms with E-state index in [1.54, 1.807) is 6.26 Å². The van der Waals surface area contributed by atoms with E-state index in [-0.39, 0.29) is 0 Å². The second kappa shape index (κ2) is 5.20. The fourth-order valence-corrected chi connectivity index (χ4v) is 2.23. The summed E-state index contributed by atoms with van der Waals surface area (Å²) in [5.41, 5.74) is 1.78. The minimum atomic E-state index is 0.562. The molecule has 1 aromatic carbocycles. The Bertz CT molecular complexity index is 730. The summed E-state index contributed by atoms with van der Waals surface area (Å²) >= 11 is 3.41. The lowest BCUT2D eigenvalue weighted by Crippen LogP contribution is -2.04. The van der Waals surface area contributed by atoms with E-state index >= 15 is 0 Å². The van der Waals surface area contributed by atoms with Crippen LogP contribution in [0.2, 0.25) is 0 Å². The van der Waals surface area contributed by atoms with Crippen molar-refractivity contribution < 1.29 is 4.42 Å². The summed E-state index contributed by atoms with van der Waals surface area (Å²) in [6.07, 6.45) is 1.66. The quantitative estimate of drug-likeness (QED) is 0.737. The molecule has 0 aliphatic heterocycles. The Balaban J connectivity index is 1.83. The third kappa shape index (κ3) is 2.65. The summed E-state index contributed by atoms with van der Waals surface area (Å²) in [4.78, 5) is 8.76. The molecule has 0 radical (unpaired) electrons. The Morgan fingerprint density at radius 1 is 1.15 bits per heavy atom. The lowest BCUT2D eigenvalue weighted by atomic mass is 10.2. The Hall–Kier alpha value is -1.95. The van der Waals surface area contributed by atoms with Crippen LogP contribution in [0, 0.1) is 13.8 Å². The minimum absolute atomic E-state index is 0.562. The van der Waals surface area contributed by atoms with Crippen LogP contribution in [0.25, 0.3) is 11.5 Å². The molecule has 0 N–H and O–H groups in total. The average molecular weight is 333 g/mol. The fraction of sp³-hybridized carbons (Fsp3) is 0.214. The van der Waals surface area contributed by atoms with Gasteiger partial charge in [0, 0.05) is 10.0 Å². The maximum atomic E-state index is 5.52. The smallest absolute Gasteiger partial charge is 0.226 e. The monoisotopic (exact) mass is 332 g/mol. The molecule has 0 saturated heterocycles. The van der Waals surface area contributed by atoms with Crippen LogP contribution >= 0.6 is 15.9 Å². The Kier molecular flexibility index (Phi) is 3.40. The number of hydrogen-bond acceptors (Lipinski definition) is 4. The maximum Gasteiger partial charge on any atom is 0.226 e. The Morgan fingerprint density at radius 3 is 2.55 bits per heavy atom. The molecular formula is C14H13BrN4O. The van der Waals surface area contributed by atoms with Crippen LogP contribution in [-0.4, -0.2) is 19.7 Å². The topological polar surface area (TPSA) is 56.7 Å². The number of hydrogen-bond donors (Lipinski definition) is 0. The van der Waals surface area contributed by atoms with E-state index < -0.39 is 0 Å². The van der Waals surface area contributed by atoms with Crippen molar-refractivity contribution in [2.75, 3.05) is 0 Å². The third-order valence-electron chi connectivity index (χ3n) is 2.92. The first-order chi connectivity index (χ1) is 9.61. The number of benzene rings is 1. The molecule has 0 atom stereocenters. The van der Waals surface area contributed by atoms with Crippen LogP contribution in [0.3, 0.4) is 0 Å². The zero-order valence-corrected chi connectivity index (χ0v) is 12.8. The molecule has 0 aliphatic rings. The van der Waals surface area contributed by atoms with Crippen molar-refractivity contribution in [3.8, 4) is 11.5 Å². The molecule has 0 unspecified atom stereocenters. The first-order valence-corrected chi connectivity index (χ1v) is 6.99. The number of rotatable bonds is 3. The van der Waals surface area contributed by atoms with Crippen molar-refractivity contribution in [1.29, 1.82) is 0 Å². The highest BCUT2D eigenvalue weighted by molar-refractivity contribution is 9.10. The minimum Gasteiger partial charge on any atom is -0.444 e. The molecule has 0 bridgehead atoms. The van der Waals surface area contributed by atoms with Crippen LogP contribution < -0.4 is 0 Å². The normalized spacial score (nSPS) is 10.9. The van der Waals surface area contributed by atoms with Crippen molar-refractivity contribution in [2.24, 2.45) is 0 Å². The number of aryl methyl sites for hydroxylation is 2. The summed E-state index contributed by atoms with van der Waals surface area (Å²) in [5.74, 6) is 2.25. The predicted octanol–water partition coefficient (Wildman–Crippen LogP) is 3.36. The zero-order valence-electron chi connectivity index (χ0n) is 11.2. The van der Waals surface area contributed by atoms with E-state index in [0.717, 1.165) is 27.4 Å². The van der Waals surface area contributed by atoms with Gasteiger partial charge < -0.3 is 4.42 Å². The number of halogens is 1. The number of aromatic nitrogens is 4. The highest BCUT2D eigenvalue weighted by Gasteiger charge is 2.09. The van der Waals surface area contributed by atoms with Gasteiger partial charge in [0.05, 0.1) is 6.54 Å². The number of oxazole rings is 1. The Morgan fingerprint density at radius 2 is 1.90 bits per heavy atom. The van der Waals surface area contributed by atoms with Gasteiger partial charge in [-0.25, -0.2) is 14.6 Å². The van der Waals surface area contributed by atoms with E-state index in [0.29, 0.717) is 12.4 Å². The van der Waals surface area contributed by atoms with Gasteiger partial charge in [0.15, 0.2) is 0 Å². The molecule has 2 heterocycles. The van der Waals surface area contributed by atoms with Gasteiger partial charge in [0.2, 0.25) is 5.89 Å². The van der Waals surface area contributed by atoms with Crippen molar-refractivity contribution in [3.63, 3.8) is 0 Å². The van der Waals surface area contributed by atoms with Crippen LogP contribution in [0.15, 0.2) is 39.4 Å². The van der Waals surface area contributed by atoms with E-state index in [1.165, 1.54) is 0 Å². The highest BCUT2D eigenvalue weighted by Crippen LogP contribution is 2.21. The summed E-state index contributed by atoms with van der Waals surface area (Å²) in [6.45, 7) is 4.36. The van der Waals surface area contributed by atoms with Gasteiger partial charge in [-0.3, -0.25) is 0 Å². The summed E-state index contributed by atoms with van der Waals surface area (Å²) in [7, 11) is 0. The molecule has 3 rings (SSSR count). The van der Waals surface area contributed by atoms with Crippen molar-refractivity contribution in [2.45, 2.75) is 20.4 Å². The van der Waals surface area contributed by atoms with Gasteiger partial charge in [0.1, 0.15) is 23.6 Å². The van der Waals surface area contributed by atoms with Crippen LogP contribution in [-0.2, 0) is 6.54 Å². The Labute approximate surface area is 124 Å². The van der Waals surface area contributed by atoms with Gasteiger partial charge in [-0.15, -0.1) is 0 Å². The molecule has 6 heteroatoms. The predicted molar refractivity (Wildman–Crippen MR) is 78.2 cm³/mol. The van der Waals surface area contributed by atoms with E-state index in [4.69, 9.17) is 4.42 Å². The standard InChI is InChI=1S/C14H13BrN4O/c1-9-16-10(2)19(18-9)7-13-8-20-14(17-13)11-3-5-12(15)6-4-11/h3-6,8H,7H2,1-2H3. The highest BCUT2D eigenvalue weighted by atomic mass is 79.9. The van der Waals surface area contributed by atoms with Gasteiger partial charge in [-0.05, 0) is 38.1 Å². The second-order valence-corrected chi connectivity index (χ2v) is 5.43. The molecule has 5 nitrogen and oxygen atoms in total. The molecule has 0 saturated carbocycles. The zero-order chi connectivity index (χ0) is 14.1. The van der Waals surface area contributed by atoms with Crippen molar-refractivity contribution in [3.05, 3.63) is 52.3 Å². The SMILES string of the molecule is Cc1nc(C)n(Cc2coc(-c3ccc(Br)cc3)n2)n1. The molecule has 0 fully saturated rings. The second-order valence-electron chi connectivity index (χ2n) is 4.51. The molecular weight excluding hydrogens is 320 g/mol. The lowest BCUT2D eigenvalue weighted by Gasteiger charge is -1.98. The maximum absolute atomic E-state index is 5.52. The number of nitrogens with zero attached hydrogens (tertiary/aromatic N) is 4. The lowest BCUT2D eigenvalue weighted by molar-refractivity contribution is 0.568. The molecule has 0 spiro atoms. The molecule has 2 aromatic heterocycles. The van der Waals surface area contributed by atoms with Gasteiger partial charge in [0.25, 0.3) is 0 Å². The van der Waals surface area contributed by atoms with Crippen LogP contribution in [0.1, 0.15) is 17.3 Å². The van der Waals surface area contributed by atoms with Crippen LogP contribution in [0.5, 0.6) is 0 Å². The largest absolute Gasteiger partial charge is 0.444 e. The van der Waals surface area contributed by atoms with E-state index in [2.05, 4.69) is 31.0 Å². The fourth-order valence-electron chi connectivity index (χ4n) is 1.97. The third-order valence-corrected chi connectivity index (χ3v) is 3.45. The van der Waals surface area contributed by atoms with Gasteiger partial charge in [-0.2, -0.15) is 5.10 Å². The van der Waals surface area contributed by atoms with E-state index in [9.17, 15) is 0 Å². The van der Waals surface area contributed by atoms with Gasteiger partial charge in [-0.1, -0.05) is 15.9 Å². The first kappa shape index (κ1) is 13.1. The van der Waals surface area contributed by atoms with Crippen molar-refractivity contribution in [1.82, 2.24) is 19.7 Å². The summed E-state index contributed by atoms with van der Waals surface area (Å²) in [6, 6.07) is 7.85. The molecule has 0 aliphatic carbocycles. The molecule has 20 heavy (non-hydrogen) atoms. The average Bonchev–Trinajstić information content (AvgIpc) is 2.98. The molecule has 3 aromatic rings. The molecule has 102 valence electrons.